The summed E-state index contributed by atoms with van der Waals surface area (Å²) in [7, 11) is 3.75. The molecule has 0 radical (unpaired) electrons. The van der Waals surface area contributed by atoms with Crippen LogP contribution in [0, 0.1) is 0 Å². The summed E-state index contributed by atoms with van der Waals surface area (Å²) in [5, 5.41) is 3.17. The van der Waals surface area contributed by atoms with Crippen molar-refractivity contribution in [2.45, 2.75) is 37.8 Å². The van der Waals surface area contributed by atoms with E-state index in [4.69, 9.17) is 9.47 Å². The van der Waals surface area contributed by atoms with Crippen LogP contribution in [0.25, 0.3) is 0 Å². The van der Waals surface area contributed by atoms with Gasteiger partial charge >= 0.3 is 0 Å². The standard InChI is InChI=1S/C23H28N2O3/c1-25-13-11-18(12-14-25)28-21-10-8-17(15-22(21)27-2)23(26)24-20-9-7-16-5-3-4-6-19(16)20/h3-6,8,10,15,18,20H,7,9,11-14H2,1-2H3,(H,24,26). The summed E-state index contributed by atoms with van der Waals surface area (Å²) in [5.41, 5.74) is 3.15. The number of likely N-dealkylation sites (tertiary alicyclic amines) is 1. The first kappa shape index (κ1) is 18.8. The van der Waals surface area contributed by atoms with Gasteiger partial charge in [-0.1, -0.05) is 24.3 Å². The molecule has 2 aromatic carbocycles. The van der Waals surface area contributed by atoms with Crippen molar-refractivity contribution in [1.82, 2.24) is 10.2 Å². The first-order chi connectivity index (χ1) is 13.6. The van der Waals surface area contributed by atoms with E-state index in [1.165, 1.54) is 11.1 Å². The lowest BCUT2D eigenvalue weighted by Crippen LogP contribution is -2.35. The largest absolute Gasteiger partial charge is 0.493 e. The van der Waals surface area contributed by atoms with Crippen molar-refractivity contribution < 1.29 is 14.3 Å². The highest BCUT2D eigenvalue weighted by Crippen LogP contribution is 2.33. The van der Waals surface area contributed by atoms with Crippen LogP contribution < -0.4 is 14.8 Å². The van der Waals surface area contributed by atoms with Crippen LogP contribution in [0.1, 0.15) is 46.8 Å². The zero-order valence-corrected chi connectivity index (χ0v) is 16.6. The Hall–Kier alpha value is -2.53. The summed E-state index contributed by atoms with van der Waals surface area (Å²) in [6.07, 6.45) is 4.15. The van der Waals surface area contributed by atoms with Gasteiger partial charge in [0.2, 0.25) is 0 Å². The smallest absolute Gasteiger partial charge is 0.251 e. The molecule has 1 atom stereocenters. The minimum atomic E-state index is -0.0779. The Labute approximate surface area is 166 Å². The van der Waals surface area contributed by atoms with Gasteiger partial charge in [0.25, 0.3) is 5.91 Å². The quantitative estimate of drug-likeness (QED) is 0.861. The van der Waals surface area contributed by atoms with Crippen LogP contribution in [-0.2, 0) is 6.42 Å². The number of benzene rings is 2. The number of methoxy groups -OCH3 is 1. The van der Waals surface area contributed by atoms with Crippen LogP contribution in [-0.4, -0.2) is 44.2 Å². The third-order valence-corrected chi connectivity index (χ3v) is 5.82. The summed E-state index contributed by atoms with van der Waals surface area (Å²) < 4.78 is 11.7. The molecule has 1 aliphatic heterocycles. The molecule has 1 amide bonds. The zero-order chi connectivity index (χ0) is 19.5. The molecule has 1 heterocycles. The van der Waals surface area contributed by atoms with Crippen LogP contribution in [0.15, 0.2) is 42.5 Å². The number of carbonyl (C=O) groups excluding carboxylic acids is 1. The van der Waals surface area contributed by atoms with Crippen molar-refractivity contribution in [3.8, 4) is 11.5 Å². The number of hydrogen-bond donors (Lipinski definition) is 1. The summed E-state index contributed by atoms with van der Waals surface area (Å²) in [6, 6.07) is 13.9. The van der Waals surface area contributed by atoms with Crippen LogP contribution in [0.5, 0.6) is 11.5 Å². The molecule has 0 spiro atoms. The van der Waals surface area contributed by atoms with Crippen LogP contribution in [0.2, 0.25) is 0 Å². The summed E-state index contributed by atoms with van der Waals surface area (Å²) in [6.45, 7) is 2.08. The molecule has 148 valence electrons. The first-order valence-electron chi connectivity index (χ1n) is 10.1. The molecule has 1 aliphatic carbocycles. The molecule has 5 heteroatoms. The van der Waals surface area contributed by atoms with E-state index in [9.17, 15) is 4.79 Å². The molecule has 1 N–H and O–H groups in total. The predicted octanol–water partition coefficient (Wildman–Crippen LogP) is 3.59. The number of piperidine rings is 1. The second-order valence-electron chi connectivity index (χ2n) is 7.75. The lowest BCUT2D eigenvalue weighted by Gasteiger charge is -2.29. The van der Waals surface area contributed by atoms with Gasteiger partial charge in [-0.05, 0) is 62.1 Å². The molecule has 2 aromatic rings. The third kappa shape index (κ3) is 3.99. The Morgan fingerprint density at radius 1 is 1.07 bits per heavy atom. The molecular weight excluding hydrogens is 352 g/mol. The van der Waals surface area contributed by atoms with Gasteiger partial charge in [0.05, 0.1) is 13.2 Å². The second-order valence-corrected chi connectivity index (χ2v) is 7.75. The van der Waals surface area contributed by atoms with E-state index in [1.807, 2.05) is 18.2 Å². The van der Waals surface area contributed by atoms with Gasteiger partial charge in [0.1, 0.15) is 6.10 Å². The van der Waals surface area contributed by atoms with E-state index in [2.05, 4.69) is 35.5 Å². The average Bonchev–Trinajstić information content (AvgIpc) is 3.13. The van der Waals surface area contributed by atoms with E-state index >= 15 is 0 Å². The predicted molar refractivity (Wildman–Crippen MR) is 109 cm³/mol. The SMILES string of the molecule is COc1cc(C(=O)NC2CCc3ccccc32)ccc1OC1CCN(C)CC1. The van der Waals surface area contributed by atoms with Crippen molar-refractivity contribution in [3.63, 3.8) is 0 Å². The summed E-state index contributed by atoms with van der Waals surface area (Å²) >= 11 is 0. The monoisotopic (exact) mass is 380 g/mol. The Kier molecular flexibility index (Phi) is 5.53. The fraction of sp³-hybridized carbons (Fsp3) is 0.435. The fourth-order valence-electron chi connectivity index (χ4n) is 4.14. The normalized spacial score (nSPS) is 19.9. The van der Waals surface area contributed by atoms with E-state index in [0.717, 1.165) is 38.8 Å². The van der Waals surface area contributed by atoms with Crippen LogP contribution in [0.4, 0.5) is 0 Å². The van der Waals surface area contributed by atoms with Crippen molar-refractivity contribution in [1.29, 1.82) is 0 Å². The molecule has 1 fully saturated rings. The highest BCUT2D eigenvalue weighted by Gasteiger charge is 2.25. The number of rotatable bonds is 5. The van der Waals surface area contributed by atoms with Crippen molar-refractivity contribution in [2.75, 3.05) is 27.2 Å². The number of ether oxygens (including phenoxy) is 2. The van der Waals surface area contributed by atoms with Gasteiger partial charge < -0.3 is 19.7 Å². The van der Waals surface area contributed by atoms with Gasteiger partial charge in [0.15, 0.2) is 11.5 Å². The van der Waals surface area contributed by atoms with Gasteiger partial charge in [-0.15, -0.1) is 0 Å². The van der Waals surface area contributed by atoms with Crippen LogP contribution >= 0.6 is 0 Å². The number of carbonyl (C=O) groups is 1. The average molecular weight is 380 g/mol. The maximum Gasteiger partial charge on any atom is 0.251 e. The number of nitrogens with one attached hydrogen (secondary N) is 1. The van der Waals surface area contributed by atoms with Crippen molar-refractivity contribution >= 4 is 5.91 Å². The Balaban J connectivity index is 1.44. The Bertz CT molecular complexity index is 843. The molecular formula is C23H28N2O3. The number of nitrogens with zero attached hydrogens (tertiary/aromatic N) is 1. The number of hydrogen-bond acceptors (Lipinski definition) is 4. The molecule has 5 nitrogen and oxygen atoms in total. The first-order valence-corrected chi connectivity index (χ1v) is 10.1. The van der Waals surface area contributed by atoms with Gasteiger partial charge in [-0.2, -0.15) is 0 Å². The maximum absolute atomic E-state index is 12.8. The topological polar surface area (TPSA) is 50.8 Å². The lowest BCUT2D eigenvalue weighted by atomic mass is 10.1. The van der Waals surface area contributed by atoms with E-state index in [1.54, 1.807) is 13.2 Å². The van der Waals surface area contributed by atoms with Gasteiger partial charge in [0, 0.05) is 18.7 Å². The van der Waals surface area contributed by atoms with Crippen LogP contribution in [0.3, 0.4) is 0 Å². The van der Waals surface area contributed by atoms with E-state index in [0.29, 0.717) is 17.1 Å². The molecule has 1 saturated heterocycles. The zero-order valence-electron chi connectivity index (χ0n) is 16.6. The highest BCUT2D eigenvalue weighted by atomic mass is 16.5. The van der Waals surface area contributed by atoms with Gasteiger partial charge in [-0.25, -0.2) is 0 Å². The molecule has 4 rings (SSSR count). The number of fused-ring (bicyclic) bond motifs is 1. The van der Waals surface area contributed by atoms with Crippen molar-refractivity contribution in [2.24, 2.45) is 0 Å². The Morgan fingerprint density at radius 2 is 1.86 bits per heavy atom. The minimum Gasteiger partial charge on any atom is -0.493 e. The summed E-state index contributed by atoms with van der Waals surface area (Å²) in [4.78, 5) is 15.1. The number of aryl methyl sites for hydroxylation is 1. The fourth-order valence-corrected chi connectivity index (χ4v) is 4.14. The summed E-state index contributed by atoms with van der Waals surface area (Å²) in [5.74, 6) is 1.24. The molecule has 0 aromatic heterocycles. The van der Waals surface area contributed by atoms with Gasteiger partial charge in [-0.3, -0.25) is 4.79 Å². The second kappa shape index (κ2) is 8.23. The van der Waals surface area contributed by atoms with Crippen molar-refractivity contribution in [3.05, 3.63) is 59.2 Å². The molecule has 0 bridgehead atoms. The maximum atomic E-state index is 12.8. The Morgan fingerprint density at radius 3 is 2.64 bits per heavy atom. The minimum absolute atomic E-state index is 0.0739. The highest BCUT2D eigenvalue weighted by molar-refractivity contribution is 5.95. The molecule has 1 unspecified atom stereocenters. The molecule has 0 saturated carbocycles. The van der Waals surface area contributed by atoms with E-state index in [-0.39, 0.29) is 18.1 Å². The number of amides is 1. The van der Waals surface area contributed by atoms with E-state index < -0.39 is 0 Å². The molecule has 2 aliphatic rings. The molecule has 28 heavy (non-hydrogen) atoms. The third-order valence-electron chi connectivity index (χ3n) is 5.82. The lowest BCUT2D eigenvalue weighted by molar-refractivity contribution is 0.0935.